The second-order valence-corrected chi connectivity index (χ2v) is 6.04. The van der Waals surface area contributed by atoms with E-state index < -0.39 is 4.92 Å². The van der Waals surface area contributed by atoms with Gasteiger partial charge in [-0.2, -0.15) is 0 Å². The maximum atomic E-state index is 13.6. The number of rotatable bonds is 3. The minimum atomic E-state index is -0.461. The normalized spacial score (nSPS) is 16.1. The molecule has 25 heavy (non-hydrogen) atoms. The molecular formula is C17H16FN3O3S. The van der Waals surface area contributed by atoms with E-state index in [0.29, 0.717) is 23.2 Å². The van der Waals surface area contributed by atoms with Gasteiger partial charge in [-0.25, -0.2) is 4.39 Å². The van der Waals surface area contributed by atoms with E-state index in [1.807, 2.05) is 0 Å². The van der Waals surface area contributed by atoms with Crippen LogP contribution in [0.15, 0.2) is 42.5 Å². The zero-order chi connectivity index (χ0) is 17.8. The molecule has 6 nitrogen and oxygen atoms in total. The van der Waals surface area contributed by atoms with Crippen LogP contribution in [0.4, 0.5) is 15.8 Å². The highest BCUT2D eigenvalue weighted by molar-refractivity contribution is 7.80. The van der Waals surface area contributed by atoms with Gasteiger partial charge in [0.1, 0.15) is 11.6 Å². The van der Waals surface area contributed by atoms with Crippen LogP contribution < -0.4 is 15.4 Å². The van der Waals surface area contributed by atoms with Gasteiger partial charge in [0.25, 0.3) is 5.69 Å². The number of anilines is 1. The molecule has 130 valence electrons. The molecule has 0 bridgehead atoms. The summed E-state index contributed by atoms with van der Waals surface area (Å²) in [6.45, 7) is 0.569. The van der Waals surface area contributed by atoms with E-state index in [0.717, 1.165) is 18.4 Å². The molecule has 2 N–H and O–H groups in total. The predicted molar refractivity (Wildman–Crippen MR) is 96.3 cm³/mol. The third-order valence-corrected chi connectivity index (χ3v) is 4.10. The van der Waals surface area contributed by atoms with Crippen LogP contribution in [0.1, 0.15) is 24.4 Å². The van der Waals surface area contributed by atoms with Crippen molar-refractivity contribution in [3.05, 3.63) is 64.0 Å². The van der Waals surface area contributed by atoms with E-state index in [2.05, 4.69) is 10.6 Å². The van der Waals surface area contributed by atoms with Gasteiger partial charge in [0.15, 0.2) is 5.11 Å². The van der Waals surface area contributed by atoms with Crippen LogP contribution in [-0.4, -0.2) is 16.6 Å². The molecule has 0 aliphatic carbocycles. The van der Waals surface area contributed by atoms with Crippen molar-refractivity contribution in [1.82, 2.24) is 5.32 Å². The molecule has 0 radical (unpaired) electrons. The Morgan fingerprint density at radius 2 is 2.04 bits per heavy atom. The average Bonchev–Trinajstić information content (AvgIpc) is 2.77. The van der Waals surface area contributed by atoms with Crippen LogP contribution in [0.5, 0.6) is 5.75 Å². The molecule has 8 heteroatoms. The molecule has 1 unspecified atom stereocenters. The summed E-state index contributed by atoms with van der Waals surface area (Å²) in [7, 11) is 0. The van der Waals surface area contributed by atoms with Crippen LogP contribution in [0.3, 0.4) is 0 Å². The quantitative estimate of drug-likeness (QED) is 0.490. The van der Waals surface area contributed by atoms with Gasteiger partial charge in [0.2, 0.25) is 0 Å². The van der Waals surface area contributed by atoms with Crippen molar-refractivity contribution in [2.75, 3.05) is 11.9 Å². The Labute approximate surface area is 149 Å². The Morgan fingerprint density at radius 3 is 2.76 bits per heavy atom. The Bertz CT molecular complexity index is 798. The summed E-state index contributed by atoms with van der Waals surface area (Å²) in [4.78, 5) is 10.2. The van der Waals surface area contributed by atoms with Crippen molar-refractivity contribution in [2.24, 2.45) is 0 Å². The fraction of sp³-hybridized carbons (Fsp3) is 0.235. The minimum Gasteiger partial charge on any atom is -0.493 e. The van der Waals surface area contributed by atoms with Gasteiger partial charge in [0, 0.05) is 23.4 Å². The molecule has 2 aromatic carbocycles. The summed E-state index contributed by atoms with van der Waals surface area (Å²) in [5.41, 5.74) is 1.37. The summed E-state index contributed by atoms with van der Waals surface area (Å²) in [5.74, 6) is 0.319. The van der Waals surface area contributed by atoms with E-state index in [1.165, 1.54) is 24.3 Å². The largest absolute Gasteiger partial charge is 0.493 e. The number of benzene rings is 2. The molecule has 2 aromatic rings. The molecule has 0 fully saturated rings. The Morgan fingerprint density at radius 1 is 1.28 bits per heavy atom. The summed E-state index contributed by atoms with van der Waals surface area (Å²) in [6.07, 6.45) is 1.56. The summed E-state index contributed by atoms with van der Waals surface area (Å²) >= 11 is 5.32. The van der Waals surface area contributed by atoms with Crippen molar-refractivity contribution in [3.63, 3.8) is 0 Å². The van der Waals surface area contributed by atoms with Gasteiger partial charge in [-0.3, -0.25) is 10.1 Å². The van der Waals surface area contributed by atoms with E-state index in [4.69, 9.17) is 17.0 Å². The van der Waals surface area contributed by atoms with Gasteiger partial charge in [0.05, 0.1) is 17.6 Å². The predicted octanol–water partition coefficient (Wildman–Crippen LogP) is 3.93. The Balaban J connectivity index is 1.70. The Hall–Kier alpha value is -2.74. The second kappa shape index (κ2) is 7.43. The molecule has 1 atom stereocenters. The van der Waals surface area contributed by atoms with Crippen molar-refractivity contribution in [3.8, 4) is 5.75 Å². The number of hydrogen-bond acceptors (Lipinski definition) is 4. The number of nitro groups is 1. The highest BCUT2D eigenvalue weighted by atomic mass is 32.1. The highest BCUT2D eigenvalue weighted by Crippen LogP contribution is 2.32. The Kier molecular flexibility index (Phi) is 5.08. The standard InChI is InChI=1S/C17H16FN3O3S/c18-11-3-8-16-14(10-11)15(2-1-9-24-16)20-17(25)19-12-4-6-13(7-5-12)21(22)23/h3-8,10,15H,1-2,9H2,(H2,19,20,25). The molecular weight excluding hydrogens is 345 g/mol. The molecule has 0 saturated heterocycles. The first-order valence-electron chi connectivity index (χ1n) is 7.77. The lowest BCUT2D eigenvalue weighted by Gasteiger charge is -2.20. The number of thiocarbonyl (C=S) groups is 1. The number of nitro benzene ring substituents is 1. The molecule has 1 aliphatic rings. The number of non-ortho nitro benzene ring substituents is 1. The lowest BCUT2D eigenvalue weighted by molar-refractivity contribution is -0.384. The number of hydrogen-bond donors (Lipinski definition) is 2. The summed E-state index contributed by atoms with van der Waals surface area (Å²) in [5, 5.41) is 17.2. The molecule has 0 amide bonds. The van der Waals surface area contributed by atoms with Crippen molar-refractivity contribution in [2.45, 2.75) is 18.9 Å². The van der Waals surface area contributed by atoms with Crippen molar-refractivity contribution in [1.29, 1.82) is 0 Å². The van der Waals surface area contributed by atoms with Crippen molar-refractivity contribution < 1.29 is 14.1 Å². The third kappa shape index (κ3) is 4.21. The van der Waals surface area contributed by atoms with Crippen LogP contribution >= 0.6 is 12.2 Å². The van der Waals surface area contributed by atoms with E-state index in [9.17, 15) is 14.5 Å². The first-order chi connectivity index (χ1) is 12.0. The number of fused-ring (bicyclic) bond motifs is 1. The monoisotopic (exact) mass is 361 g/mol. The maximum absolute atomic E-state index is 13.6. The van der Waals surface area contributed by atoms with Crippen LogP contribution in [0.2, 0.25) is 0 Å². The van der Waals surface area contributed by atoms with Gasteiger partial charge in [-0.1, -0.05) is 0 Å². The average molecular weight is 361 g/mol. The topological polar surface area (TPSA) is 76.4 Å². The molecule has 1 heterocycles. The summed E-state index contributed by atoms with van der Waals surface area (Å²) < 4.78 is 19.2. The first-order valence-corrected chi connectivity index (χ1v) is 8.18. The zero-order valence-electron chi connectivity index (χ0n) is 13.2. The maximum Gasteiger partial charge on any atom is 0.269 e. The van der Waals surface area contributed by atoms with Gasteiger partial charge in [-0.05, 0) is 55.4 Å². The fourth-order valence-electron chi connectivity index (χ4n) is 2.69. The molecule has 3 rings (SSSR count). The first kappa shape index (κ1) is 17.1. The fourth-order valence-corrected chi connectivity index (χ4v) is 2.95. The third-order valence-electron chi connectivity index (χ3n) is 3.88. The van der Waals surface area contributed by atoms with E-state index >= 15 is 0 Å². The van der Waals surface area contributed by atoms with Crippen molar-refractivity contribution >= 4 is 28.7 Å². The molecule has 0 saturated carbocycles. The number of ether oxygens (including phenoxy) is 1. The molecule has 1 aliphatic heterocycles. The molecule has 0 aromatic heterocycles. The second-order valence-electron chi connectivity index (χ2n) is 5.63. The smallest absolute Gasteiger partial charge is 0.269 e. The lowest BCUT2D eigenvalue weighted by Crippen LogP contribution is -2.32. The SMILES string of the molecule is O=[N+]([O-])c1ccc(NC(=S)NC2CCCOc3ccc(F)cc32)cc1. The number of nitrogens with zero attached hydrogens (tertiary/aromatic N) is 1. The van der Waals surface area contributed by atoms with Crippen LogP contribution in [0, 0.1) is 15.9 Å². The van der Waals surface area contributed by atoms with Crippen LogP contribution in [0.25, 0.3) is 0 Å². The lowest BCUT2D eigenvalue weighted by atomic mass is 10.0. The minimum absolute atomic E-state index is 0.00903. The summed E-state index contributed by atoms with van der Waals surface area (Å²) in [6, 6.07) is 10.2. The van der Waals surface area contributed by atoms with Gasteiger partial charge in [-0.15, -0.1) is 0 Å². The highest BCUT2D eigenvalue weighted by Gasteiger charge is 2.21. The van der Waals surface area contributed by atoms with Crippen LogP contribution in [-0.2, 0) is 0 Å². The van der Waals surface area contributed by atoms with E-state index in [-0.39, 0.29) is 17.5 Å². The van der Waals surface area contributed by atoms with Gasteiger partial charge < -0.3 is 15.4 Å². The number of halogens is 1. The van der Waals surface area contributed by atoms with Gasteiger partial charge >= 0.3 is 0 Å². The van der Waals surface area contributed by atoms with E-state index in [1.54, 1.807) is 18.2 Å². The molecule has 0 spiro atoms. The number of nitrogens with one attached hydrogen (secondary N) is 2. The zero-order valence-corrected chi connectivity index (χ0v) is 14.0.